The molecule has 0 fully saturated rings. The molecule has 1 amide bonds. The minimum atomic E-state index is -0.364. The molecule has 2 N–H and O–H groups in total. The highest BCUT2D eigenvalue weighted by atomic mass is 16.2. The van der Waals surface area contributed by atoms with Gasteiger partial charge in [0.25, 0.3) is 11.5 Å². The van der Waals surface area contributed by atoms with Crippen molar-refractivity contribution in [1.29, 1.82) is 0 Å². The first kappa shape index (κ1) is 14.1. The first-order valence-corrected chi connectivity index (χ1v) is 6.70. The van der Waals surface area contributed by atoms with Crippen LogP contribution in [-0.4, -0.2) is 17.4 Å². The summed E-state index contributed by atoms with van der Waals surface area (Å²) >= 11 is 0. The molecule has 0 radical (unpaired) electrons. The smallest absolute Gasteiger partial charge is 0.261 e. The number of pyridine rings is 1. The second kappa shape index (κ2) is 6.19. The monoisotopic (exact) mass is 270 g/mol. The zero-order chi connectivity index (χ0) is 14.5. The number of H-pyrrole nitrogens is 1. The number of hydrogen-bond donors (Lipinski definition) is 2. The fourth-order valence-corrected chi connectivity index (χ4v) is 1.89. The molecule has 0 saturated carbocycles. The van der Waals surface area contributed by atoms with Gasteiger partial charge in [0.15, 0.2) is 0 Å². The van der Waals surface area contributed by atoms with Crippen molar-refractivity contribution < 1.29 is 4.79 Å². The Bertz CT molecular complexity index is 657. The highest BCUT2D eigenvalue weighted by Crippen LogP contribution is 2.16. The van der Waals surface area contributed by atoms with Gasteiger partial charge in [0, 0.05) is 12.2 Å². The highest BCUT2D eigenvalue weighted by molar-refractivity contribution is 5.94. The van der Waals surface area contributed by atoms with Gasteiger partial charge in [-0.05, 0) is 31.0 Å². The molecule has 2 aromatic rings. The van der Waals surface area contributed by atoms with Crippen LogP contribution in [0.2, 0.25) is 0 Å². The second-order valence-corrected chi connectivity index (χ2v) is 4.74. The van der Waals surface area contributed by atoms with Gasteiger partial charge in [-0.2, -0.15) is 0 Å². The van der Waals surface area contributed by atoms with E-state index in [0.29, 0.717) is 12.2 Å². The van der Waals surface area contributed by atoms with Crippen molar-refractivity contribution in [2.75, 3.05) is 6.54 Å². The van der Waals surface area contributed by atoms with Crippen molar-refractivity contribution in [3.63, 3.8) is 0 Å². The van der Waals surface area contributed by atoms with Crippen LogP contribution in [0.3, 0.4) is 0 Å². The van der Waals surface area contributed by atoms with Gasteiger partial charge < -0.3 is 10.3 Å². The summed E-state index contributed by atoms with van der Waals surface area (Å²) in [4.78, 5) is 26.5. The summed E-state index contributed by atoms with van der Waals surface area (Å²) in [7, 11) is 0. The Morgan fingerprint density at radius 2 is 1.85 bits per heavy atom. The Hall–Kier alpha value is -2.36. The number of rotatable bonds is 4. The molecular formula is C16H18N2O2. The molecule has 0 saturated heterocycles. The molecule has 0 aliphatic carbocycles. The molecule has 0 unspecified atom stereocenters. The Kier molecular flexibility index (Phi) is 4.35. The number of nitrogens with one attached hydrogen (secondary N) is 2. The first-order chi connectivity index (χ1) is 9.61. The summed E-state index contributed by atoms with van der Waals surface area (Å²) < 4.78 is 0. The lowest BCUT2D eigenvalue weighted by atomic mass is 10.1. The maximum absolute atomic E-state index is 12.0. The van der Waals surface area contributed by atoms with E-state index in [1.807, 2.05) is 38.1 Å². The van der Waals surface area contributed by atoms with E-state index in [1.165, 1.54) is 0 Å². The van der Waals surface area contributed by atoms with Gasteiger partial charge in [-0.1, -0.05) is 36.8 Å². The standard InChI is InChI=1S/C16H18N2O2/c1-3-10-17-15(19)13-8-9-14(18-16(13)20)12-6-4-11(2)5-7-12/h4-9H,3,10H2,1-2H3,(H,17,19)(H,18,20). The van der Waals surface area contributed by atoms with Crippen molar-refractivity contribution in [3.8, 4) is 11.3 Å². The lowest BCUT2D eigenvalue weighted by molar-refractivity contribution is 0.0952. The normalized spacial score (nSPS) is 10.3. The molecule has 20 heavy (non-hydrogen) atoms. The van der Waals surface area contributed by atoms with Gasteiger partial charge in [0.1, 0.15) is 5.56 Å². The van der Waals surface area contributed by atoms with E-state index in [4.69, 9.17) is 0 Å². The van der Waals surface area contributed by atoms with Crippen molar-refractivity contribution >= 4 is 5.91 Å². The van der Waals surface area contributed by atoms with E-state index in [9.17, 15) is 9.59 Å². The van der Waals surface area contributed by atoms with Crippen LogP contribution >= 0.6 is 0 Å². The van der Waals surface area contributed by atoms with Crippen molar-refractivity contribution in [1.82, 2.24) is 10.3 Å². The third-order valence-electron chi connectivity index (χ3n) is 3.05. The average molecular weight is 270 g/mol. The number of carbonyl (C=O) groups is 1. The molecule has 0 aliphatic rings. The van der Waals surface area contributed by atoms with Crippen molar-refractivity contribution in [3.05, 3.63) is 57.9 Å². The fraction of sp³-hybridized carbons (Fsp3) is 0.250. The maximum atomic E-state index is 12.0. The number of aryl methyl sites for hydroxylation is 1. The lowest BCUT2D eigenvalue weighted by Crippen LogP contribution is -2.30. The Morgan fingerprint density at radius 1 is 1.15 bits per heavy atom. The van der Waals surface area contributed by atoms with E-state index in [-0.39, 0.29) is 17.0 Å². The summed E-state index contributed by atoms with van der Waals surface area (Å²) in [6, 6.07) is 11.2. The highest BCUT2D eigenvalue weighted by Gasteiger charge is 2.10. The molecule has 4 nitrogen and oxygen atoms in total. The number of amides is 1. The predicted molar refractivity (Wildman–Crippen MR) is 79.9 cm³/mol. The minimum Gasteiger partial charge on any atom is -0.352 e. The number of carbonyl (C=O) groups excluding carboxylic acids is 1. The third kappa shape index (κ3) is 3.15. The Morgan fingerprint density at radius 3 is 2.45 bits per heavy atom. The topological polar surface area (TPSA) is 62.0 Å². The summed E-state index contributed by atoms with van der Waals surface area (Å²) in [5.41, 5.74) is 2.58. The molecule has 104 valence electrons. The van der Waals surface area contributed by atoms with Crippen LogP contribution in [0.15, 0.2) is 41.2 Å². The Balaban J connectivity index is 2.28. The summed E-state index contributed by atoms with van der Waals surface area (Å²) in [5, 5.41) is 2.70. The van der Waals surface area contributed by atoms with Gasteiger partial charge in [0.05, 0.1) is 0 Å². The molecule has 0 spiro atoms. The summed E-state index contributed by atoms with van der Waals surface area (Å²) in [6.45, 7) is 4.54. The van der Waals surface area contributed by atoms with E-state index in [0.717, 1.165) is 17.5 Å². The number of aromatic amines is 1. The van der Waals surface area contributed by atoms with Crippen LogP contribution in [-0.2, 0) is 0 Å². The minimum absolute atomic E-state index is 0.148. The number of aromatic nitrogens is 1. The zero-order valence-electron chi connectivity index (χ0n) is 11.7. The molecular weight excluding hydrogens is 252 g/mol. The van der Waals surface area contributed by atoms with E-state index in [1.54, 1.807) is 12.1 Å². The van der Waals surface area contributed by atoms with Crippen molar-refractivity contribution in [2.45, 2.75) is 20.3 Å². The third-order valence-corrected chi connectivity index (χ3v) is 3.05. The predicted octanol–water partition coefficient (Wildman–Crippen LogP) is 2.49. The van der Waals surface area contributed by atoms with Gasteiger partial charge in [-0.3, -0.25) is 9.59 Å². The molecule has 2 rings (SSSR count). The van der Waals surface area contributed by atoms with Gasteiger partial charge in [0.2, 0.25) is 0 Å². The molecule has 0 bridgehead atoms. The van der Waals surface area contributed by atoms with Crippen LogP contribution in [0.5, 0.6) is 0 Å². The van der Waals surface area contributed by atoms with Gasteiger partial charge >= 0.3 is 0 Å². The van der Waals surface area contributed by atoms with E-state index < -0.39 is 0 Å². The summed E-state index contributed by atoms with van der Waals surface area (Å²) in [6.07, 6.45) is 0.838. The van der Waals surface area contributed by atoms with E-state index in [2.05, 4.69) is 10.3 Å². The largest absolute Gasteiger partial charge is 0.352 e. The SMILES string of the molecule is CCCNC(=O)c1ccc(-c2ccc(C)cc2)[nH]c1=O. The van der Waals surface area contributed by atoms with Gasteiger partial charge in [-0.15, -0.1) is 0 Å². The van der Waals surface area contributed by atoms with Crippen molar-refractivity contribution in [2.24, 2.45) is 0 Å². The first-order valence-electron chi connectivity index (χ1n) is 6.70. The molecule has 1 heterocycles. The molecule has 0 atom stereocenters. The Labute approximate surface area is 117 Å². The second-order valence-electron chi connectivity index (χ2n) is 4.74. The van der Waals surface area contributed by atoms with Crippen LogP contribution in [0.4, 0.5) is 0 Å². The van der Waals surface area contributed by atoms with Crippen LogP contribution in [0.25, 0.3) is 11.3 Å². The average Bonchev–Trinajstić information content (AvgIpc) is 2.45. The van der Waals surface area contributed by atoms with Crippen LogP contribution < -0.4 is 10.9 Å². The zero-order valence-corrected chi connectivity index (χ0v) is 11.7. The molecule has 1 aromatic carbocycles. The maximum Gasteiger partial charge on any atom is 0.261 e. The molecule has 1 aromatic heterocycles. The fourth-order valence-electron chi connectivity index (χ4n) is 1.89. The van der Waals surface area contributed by atoms with E-state index >= 15 is 0 Å². The molecule has 4 heteroatoms. The lowest BCUT2D eigenvalue weighted by Gasteiger charge is -2.05. The summed E-state index contributed by atoms with van der Waals surface area (Å²) in [5.74, 6) is -0.330. The number of hydrogen-bond acceptors (Lipinski definition) is 2. The number of benzene rings is 1. The van der Waals surface area contributed by atoms with Crippen LogP contribution in [0, 0.1) is 6.92 Å². The quantitative estimate of drug-likeness (QED) is 0.896. The molecule has 0 aliphatic heterocycles. The van der Waals surface area contributed by atoms with Gasteiger partial charge in [-0.25, -0.2) is 0 Å². The van der Waals surface area contributed by atoms with Crippen LogP contribution in [0.1, 0.15) is 29.3 Å².